The fraction of sp³-hybridized carbons (Fsp3) is 0.250. The predicted molar refractivity (Wildman–Crippen MR) is 65.0 cm³/mol. The molecule has 6 nitrogen and oxygen atoms in total. The zero-order valence-electron chi connectivity index (χ0n) is 9.80. The molecule has 0 spiro atoms. The van der Waals surface area contributed by atoms with Crippen molar-refractivity contribution in [3.63, 3.8) is 0 Å². The smallest absolute Gasteiger partial charge is 0.325 e. The molecule has 94 valence electrons. The zero-order valence-corrected chi connectivity index (χ0v) is 9.80. The summed E-state index contributed by atoms with van der Waals surface area (Å²) in [6.45, 7) is 1.43. The Balaban J connectivity index is 2.10. The molecule has 0 fully saturated rings. The molecule has 3 N–H and O–H groups in total. The number of hydrogen-bond donors (Lipinski definition) is 3. The summed E-state index contributed by atoms with van der Waals surface area (Å²) in [5, 5.41) is 12.0. The third-order valence-electron chi connectivity index (χ3n) is 2.64. The van der Waals surface area contributed by atoms with Crippen molar-refractivity contribution in [1.82, 2.24) is 15.3 Å². The van der Waals surface area contributed by atoms with Gasteiger partial charge in [0.05, 0.1) is 6.42 Å². The molecule has 2 aromatic rings. The highest BCUT2D eigenvalue weighted by Gasteiger charge is 2.15. The molecule has 2 heterocycles. The van der Waals surface area contributed by atoms with E-state index in [0.717, 1.165) is 10.9 Å². The largest absolute Gasteiger partial charge is 0.480 e. The summed E-state index contributed by atoms with van der Waals surface area (Å²) in [5.74, 6) is -1.38. The Morgan fingerprint density at radius 2 is 2.33 bits per heavy atom. The van der Waals surface area contributed by atoms with Crippen LogP contribution in [0.15, 0.2) is 24.5 Å². The maximum Gasteiger partial charge on any atom is 0.325 e. The van der Waals surface area contributed by atoms with E-state index < -0.39 is 12.0 Å². The molecule has 0 aliphatic carbocycles. The van der Waals surface area contributed by atoms with Gasteiger partial charge in [-0.15, -0.1) is 0 Å². The standard InChI is InChI=1S/C12H13N3O3/c1-7(12(17)18)15-10(16)5-8-6-14-11-9(8)3-2-4-13-11/h2-4,6-7H,5H2,1H3,(H,13,14)(H,15,16)(H,17,18)/t7-/m0/s1. The first kappa shape index (κ1) is 12.1. The van der Waals surface area contributed by atoms with Crippen LogP contribution >= 0.6 is 0 Å². The Labute approximate surface area is 103 Å². The van der Waals surface area contributed by atoms with Gasteiger partial charge in [0.15, 0.2) is 0 Å². The van der Waals surface area contributed by atoms with Gasteiger partial charge in [-0.2, -0.15) is 0 Å². The molecule has 0 unspecified atom stereocenters. The summed E-state index contributed by atoms with van der Waals surface area (Å²) in [6.07, 6.45) is 3.50. The second kappa shape index (κ2) is 4.87. The lowest BCUT2D eigenvalue weighted by atomic mass is 10.1. The van der Waals surface area contributed by atoms with Gasteiger partial charge in [0, 0.05) is 17.8 Å². The molecule has 1 amide bonds. The molecular weight excluding hydrogens is 234 g/mol. The SMILES string of the molecule is C[C@H](NC(=O)Cc1c[nH]c2ncccc12)C(=O)O. The van der Waals surface area contributed by atoms with E-state index in [0.29, 0.717) is 5.65 Å². The molecular formula is C12H13N3O3. The molecule has 6 heteroatoms. The minimum Gasteiger partial charge on any atom is -0.480 e. The average molecular weight is 247 g/mol. The van der Waals surface area contributed by atoms with Crippen molar-refractivity contribution >= 4 is 22.9 Å². The lowest BCUT2D eigenvalue weighted by molar-refractivity contribution is -0.141. The van der Waals surface area contributed by atoms with E-state index in [4.69, 9.17) is 5.11 Å². The van der Waals surface area contributed by atoms with Gasteiger partial charge in [0.2, 0.25) is 5.91 Å². The third kappa shape index (κ3) is 2.48. The topological polar surface area (TPSA) is 95.1 Å². The van der Waals surface area contributed by atoms with E-state index in [2.05, 4.69) is 15.3 Å². The van der Waals surface area contributed by atoms with Crippen molar-refractivity contribution < 1.29 is 14.7 Å². The Bertz CT molecular complexity index is 591. The number of aromatic nitrogens is 2. The van der Waals surface area contributed by atoms with E-state index in [-0.39, 0.29) is 12.3 Å². The van der Waals surface area contributed by atoms with Crippen molar-refractivity contribution in [2.24, 2.45) is 0 Å². The third-order valence-corrected chi connectivity index (χ3v) is 2.64. The van der Waals surface area contributed by atoms with E-state index in [9.17, 15) is 9.59 Å². The van der Waals surface area contributed by atoms with Gasteiger partial charge in [-0.25, -0.2) is 4.98 Å². The summed E-state index contributed by atoms with van der Waals surface area (Å²) in [4.78, 5) is 29.4. The highest BCUT2D eigenvalue weighted by atomic mass is 16.4. The van der Waals surface area contributed by atoms with Crippen LogP contribution in [0.25, 0.3) is 11.0 Å². The normalized spacial score (nSPS) is 12.3. The Hall–Kier alpha value is -2.37. The zero-order chi connectivity index (χ0) is 13.1. The van der Waals surface area contributed by atoms with Crippen LogP contribution in [-0.2, 0) is 16.0 Å². The maximum absolute atomic E-state index is 11.7. The number of pyridine rings is 1. The fourth-order valence-corrected chi connectivity index (χ4v) is 1.69. The first-order valence-corrected chi connectivity index (χ1v) is 5.51. The molecule has 2 aromatic heterocycles. The van der Waals surface area contributed by atoms with Crippen LogP contribution in [0.1, 0.15) is 12.5 Å². The Morgan fingerprint density at radius 1 is 1.56 bits per heavy atom. The quantitative estimate of drug-likeness (QED) is 0.741. The molecule has 0 aliphatic heterocycles. The van der Waals surface area contributed by atoms with Gasteiger partial charge in [0.1, 0.15) is 11.7 Å². The number of carboxylic acid groups (broad SMARTS) is 1. The van der Waals surface area contributed by atoms with Crippen LogP contribution in [0.4, 0.5) is 0 Å². The molecule has 0 bridgehead atoms. The first-order chi connectivity index (χ1) is 8.58. The molecule has 0 saturated carbocycles. The monoisotopic (exact) mass is 247 g/mol. The highest BCUT2D eigenvalue weighted by molar-refractivity contribution is 5.89. The van der Waals surface area contributed by atoms with Gasteiger partial charge >= 0.3 is 5.97 Å². The summed E-state index contributed by atoms with van der Waals surface area (Å²) in [5.41, 5.74) is 1.51. The molecule has 0 aromatic carbocycles. The van der Waals surface area contributed by atoms with Crippen LogP contribution in [0.5, 0.6) is 0 Å². The molecule has 0 aliphatic rings. The van der Waals surface area contributed by atoms with Gasteiger partial charge in [0.25, 0.3) is 0 Å². The maximum atomic E-state index is 11.7. The lowest BCUT2D eigenvalue weighted by Gasteiger charge is -2.08. The van der Waals surface area contributed by atoms with E-state index in [1.165, 1.54) is 6.92 Å². The van der Waals surface area contributed by atoms with Gasteiger partial charge in [-0.05, 0) is 24.6 Å². The number of amides is 1. The van der Waals surface area contributed by atoms with Crippen LogP contribution in [0.2, 0.25) is 0 Å². The van der Waals surface area contributed by atoms with Crippen LogP contribution in [0.3, 0.4) is 0 Å². The van der Waals surface area contributed by atoms with Crippen molar-refractivity contribution in [2.75, 3.05) is 0 Å². The van der Waals surface area contributed by atoms with Crippen LogP contribution in [-0.4, -0.2) is 33.0 Å². The number of rotatable bonds is 4. The number of carboxylic acids is 1. The summed E-state index contributed by atoms with van der Waals surface area (Å²) < 4.78 is 0. The number of carbonyl (C=O) groups is 2. The highest BCUT2D eigenvalue weighted by Crippen LogP contribution is 2.15. The predicted octanol–water partition coefficient (Wildman–Crippen LogP) is 0.695. The number of aliphatic carboxylic acids is 1. The van der Waals surface area contributed by atoms with Crippen molar-refractivity contribution in [2.45, 2.75) is 19.4 Å². The van der Waals surface area contributed by atoms with Crippen molar-refractivity contribution in [3.05, 3.63) is 30.1 Å². The van der Waals surface area contributed by atoms with Crippen molar-refractivity contribution in [3.8, 4) is 0 Å². The van der Waals surface area contributed by atoms with Crippen LogP contribution < -0.4 is 5.32 Å². The Morgan fingerprint density at radius 3 is 3.06 bits per heavy atom. The summed E-state index contributed by atoms with van der Waals surface area (Å²) >= 11 is 0. The summed E-state index contributed by atoms with van der Waals surface area (Å²) in [7, 11) is 0. The van der Waals surface area contributed by atoms with E-state index in [1.54, 1.807) is 18.5 Å². The number of carbonyl (C=O) groups excluding carboxylic acids is 1. The minimum atomic E-state index is -1.05. The molecule has 0 saturated heterocycles. The molecule has 1 atom stereocenters. The molecule has 2 rings (SSSR count). The number of hydrogen-bond acceptors (Lipinski definition) is 3. The number of H-pyrrole nitrogens is 1. The average Bonchev–Trinajstić information content (AvgIpc) is 2.72. The Kier molecular flexibility index (Phi) is 3.27. The van der Waals surface area contributed by atoms with Gasteiger partial charge in [-0.1, -0.05) is 0 Å². The first-order valence-electron chi connectivity index (χ1n) is 5.51. The summed E-state index contributed by atoms with van der Waals surface area (Å²) in [6, 6.07) is 2.76. The minimum absolute atomic E-state index is 0.128. The second-order valence-electron chi connectivity index (χ2n) is 4.02. The molecule has 0 radical (unpaired) electrons. The number of fused-ring (bicyclic) bond motifs is 1. The van der Waals surface area contributed by atoms with E-state index >= 15 is 0 Å². The molecule has 18 heavy (non-hydrogen) atoms. The van der Waals surface area contributed by atoms with Gasteiger partial charge in [-0.3, -0.25) is 9.59 Å². The van der Waals surface area contributed by atoms with Crippen LogP contribution in [0, 0.1) is 0 Å². The van der Waals surface area contributed by atoms with Gasteiger partial charge < -0.3 is 15.4 Å². The second-order valence-corrected chi connectivity index (χ2v) is 4.02. The number of aromatic amines is 1. The van der Waals surface area contributed by atoms with Crippen molar-refractivity contribution in [1.29, 1.82) is 0 Å². The fourth-order valence-electron chi connectivity index (χ4n) is 1.69. The lowest BCUT2D eigenvalue weighted by Crippen LogP contribution is -2.39. The van der Waals surface area contributed by atoms with E-state index in [1.807, 2.05) is 6.07 Å². The number of nitrogens with one attached hydrogen (secondary N) is 2. The number of nitrogens with zero attached hydrogens (tertiary/aromatic N) is 1.